The minimum atomic E-state index is 0.546. The molecule has 0 aliphatic carbocycles. The van der Waals surface area contributed by atoms with Crippen molar-refractivity contribution >= 4 is 27.5 Å². The van der Waals surface area contributed by atoms with Crippen LogP contribution in [0.3, 0.4) is 0 Å². The summed E-state index contributed by atoms with van der Waals surface area (Å²) in [6.45, 7) is 3.76. The van der Waals surface area contributed by atoms with E-state index in [0.29, 0.717) is 24.7 Å². The number of hydrogen-bond donors (Lipinski definition) is 1. The number of aryl methyl sites for hydroxylation is 1. The molecule has 0 unspecified atom stereocenters. The van der Waals surface area contributed by atoms with Gasteiger partial charge in [-0.25, -0.2) is 0 Å². The second-order valence-corrected chi connectivity index (χ2v) is 4.59. The number of terminal acetylenes is 1. The van der Waals surface area contributed by atoms with Crippen molar-refractivity contribution in [1.29, 1.82) is 0 Å². The normalized spacial score (nSPS) is 9.88. The first-order valence-electron chi connectivity index (χ1n) is 4.87. The largest absolute Gasteiger partial charge is 0.490 e. The lowest BCUT2D eigenvalue weighted by Crippen LogP contribution is -2.21. The molecule has 1 aromatic rings. The highest BCUT2D eigenvalue weighted by Crippen LogP contribution is 2.31. The van der Waals surface area contributed by atoms with Crippen molar-refractivity contribution in [2.75, 3.05) is 19.7 Å². The second kappa shape index (κ2) is 6.80. The molecule has 0 aliphatic rings. The third kappa shape index (κ3) is 4.05. The average Bonchev–Trinajstić information content (AvgIpc) is 2.20. The number of halogens is 2. The lowest BCUT2D eigenvalue weighted by molar-refractivity contribution is 0.315. The number of benzene rings is 1. The van der Waals surface area contributed by atoms with Gasteiger partial charge < -0.3 is 10.1 Å². The molecular formula is C12H13BrClNO. The van der Waals surface area contributed by atoms with Crippen LogP contribution in [0, 0.1) is 19.3 Å². The number of ether oxygens (including phenoxy) is 1. The Morgan fingerprint density at radius 3 is 2.94 bits per heavy atom. The van der Waals surface area contributed by atoms with Crippen LogP contribution in [-0.2, 0) is 0 Å². The topological polar surface area (TPSA) is 21.3 Å². The highest BCUT2D eigenvalue weighted by Gasteiger charge is 2.06. The molecule has 16 heavy (non-hydrogen) atoms. The minimum absolute atomic E-state index is 0.546. The summed E-state index contributed by atoms with van der Waals surface area (Å²) in [6.07, 6.45) is 5.11. The molecule has 4 heteroatoms. The van der Waals surface area contributed by atoms with Gasteiger partial charge in [-0.3, -0.25) is 0 Å². The Balaban J connectivity index is 2.51. The Bertz CT molecular complexity index is 377. The molecular weight excluding hydrogens is 289 g/mol. The fraction of sp³-hybridized carbons (Fsp3) is 0.333. The molecule has 0 aliphatic heterocycles. The summed E-state index contributed by atoms with van der Waals surface area (Å²) >= 11 is 9.44. The second-order valence-electron chi connectivity index (χ2n) is 3.26. The van der Waals surface area contributed by atoms with Crippen molar-refractivity contribution in [2.45, 2.75) is 6.92 Å². The van der Waals surface area contributed by atoms with Gasteiger partial charge in [0.1, 0.15) is 12.4 Å². The Kier molecular flexibility index (Phi) is 5.68. The average molecular weight is 303 g/mol. The van der Waals surface area contributed by atoms with Gasteiger partial charge in [0.05, 0.1) is 11.6 Å². The number of rotatable bonds is 5. The van der Waals surface area contributed by atoms with E-state index in [1.807, 2.05) is 19.1 Å². The van der Waals surface area contributed by atoms with Crippen LogP contribution in [0.25, 0.3) is 0 Å². The maximum absolute atomic E-state index is 6.07. The van der Waals surface area contributed by atoms with Crippen molar-refractivity contribution < 1.29 is 4.74 Å². The summed E-state index contributed by atoms with van der Waals surface area (Å²) in [6, 6.07) is 3.79. The molecule has 2 nitrogen and oxygen atoms in total. The summed E-state index contributed by atoms with van der Waals surface area (Å²) in [5, 5.41) is 3.66. The summed E-state index contributed by atoms with van der Waals surface area (Å²) < 4.78 is 6.54. The fourth-order valence-corrected chi connectivity index (χ4v) is 2.28. The first kappa shape index (κ1) is 13.4. The van der Waals surface area contributed by atoms with Gasteiger partial charge in [-0.15, -0.1) is 6.42 Å². The van der Waals surface area contributed by atoms with Crippen LogP contribution in [0.1, 0.15) is 5.56 Å². The van der Waals surface area contributed by atoms with Gasteiger partial charge in [-0.1, -0.05) is 33.5 Å². The van der Waals surface area contributed by atoms with Gasteiger partial charge >= 0.3 is 0 Å². The Morgan fingerprint density at radius 1 is 1.56 bits per heavy atom. The SMILES string of the molecule is C#CCNCCOc1c(C)cc(Br)cc1Cl. The molecule has 0 bridgehead atoms. The van der Waals surface area contributed by atoms with Crippen molar-refractivity contribution in [1.82, 2.24) is 5.32 Å². The Morgan fingerprint density at radius 2 is 2.31 bits per heavy atom. The lowest BCUT2D eigenvalue weighted by Gasteiger charge is -2.11. The maximum atomic E-state index is 6.07. The molecule has 86 valence electrons. The van der Waals surface area contributed by atoms with E-state index in [9.17, 15) is 0 Å². The van der Waals surface area contributed by atoms with E-state index in [0.717, 1.165) is 15.8 Å². The first-order valence-corrected chi connectivity index (χ1v) is 6.05. The molecule has 0 saturated carbocycles. The predicted octanol–water partition coefficient (Wildman–Crippen LogP) is 3.01. The van der Waals surface area contributed by atoms with Gasteiger partial charge in [0, 0.05) is 11.0 Å². The van der Waals surface area contributed by atoms with Gasteiger partial charge in [-0.05, 0) is 24.6 Å². The Hall–Kier alpha value is -0.690. The van der Waals surface area contributed by atoms with Gasteiger partial charge in [0.2, 0.25) is 0 Å². The standard InChI is InChI=1S/C12H13BrClNO/c1-3-4-15-5-6-16-12-9(2)7-10(13)8-11(12)14/h1,7-8,15H,4-6H2,2H3. The van der Waals surface area contributed by atoms with Crippen molar-refractivity contribution in [3.05, 3.63) is 27.2 Å². The zero-order valence-corrected chi connectivity index (χ0v) is 11.4. The first-order chi connectivity index (χ1) is 7.65. The fourth-order valence-electron chi connectivity index (χ4n) is 1.26. The van der Waals surface area contributed by atoms with E-state index in [2.05, 4.69) is 27.2 Å². The van der Waals surface area contributed by atoms with Gasteiger partial charge in [0.25, 0.3) is 0 Å². The molecule has 0 heterocycles. The summed E-state index contributed by atoms with van der Waals surface area (Å²) in [7, 11) is 0. The minimum Gasteiger partial charge on any atom is -0.490 e. The quantitative estimate of drug-likeness (QED) is 0.667. The smallest absolute Gasteiger partial charge is 0.140 e. The lowest BCUT2D eigenvalue weighted by atomic mass is 10.2. The Labute approximate surface area is 109 Å². The molecule has 0 fully saturated rings. The molecule has 1 N–H and O–H groups in total. The maximum Gasteiger partial charge on any atom is 0.140 e. The number of hydrogen-bond acceptors (Lipinski definition) is 2. The predicted molar refractivity (Wildman–Crippen MR) is 71.1 cm³/mol. The van der Waals surface area contributed by atoms with Gasteiger partial charge in [-0.2, -0.15) is 0 Å². The van der Waals surface area contributed by atoms with Crippen LogP contribution in [-0.4, -0.2) is 19.7 Å². The van der Waals surface area contributed by atoms with E-state index >= 15 is 0 Å². The summed E-state index contributed by atoms with van der Waals surface area (Å²) in [5.74, 6) is 3.23. The zero-order chi connectivity index (χ0) is 12.0. The molecule has 0 aromatic heterocycles. The number of nitrogens with one attached hydrogen (secondary N) is 1. The molecule has 0 spiro atoms. The third-order valence-electron chi connectivity index (χ3n) is 1.95. The monoisotopic (exact) mass is 301 g/mol. The van der Waals surface area contributed by atoms with Crippen LogP contribution >= 0.6 is 27.5 Å². The van der Waals surface area contributed by atoms with E-state index < -0.39 is 0 Å². The molecule has 0 saturated heterocycles. The molecule has 0 radical (unpaired) electrons. The molecule has 0 amide bonds. The van der Waals surface area contributed by atoms with Crippen molar-refractivity contribution in [3.8, 4) is 18.1 Å². The van der Waals surface area contributed by atoms with E-state index in [4.69, 9.17) is 22.8 Å². The van der Waals surface area contributed by atoms with Crippen molar-refractivity contribution in [2.24, 2.45) is 0 Å². The zero-order valence-electron chi connectivity index (χ0n) is 9.02. The van der Waals surface area contributed by atoms with Crippen LogP contribution in [0.4, 0.5) is 0 Å². The summed E-state index contributed by atoms with van der Waals surface area (Å²) in [4.78, 5) is 0. The molecule has 0 atom stereocenters. The highest BCUT2D eigenvalue weighted by atomic mass is 79.9. The summed E-state index contributed by atoms with van der Waals surface area (Å²) in [5.41, 5.74) is 1.01. The van der Waals surface area contributed by atoms with Crippen molar-refractivity contribution in [3.63, 3.8) is 0 Å². The van der Waals surface area contributed by atoms with Crippen LogP contribution in [0.15, 0.2) is 16.6 Å². The van der Waals surface area contributed by atoms with E-state index in [1.165, 1.54) is 0 Å². The third-order valence-corrected chi connectivity index (χ3v) is 2.68. The van der Waals surface area contributed by atoms with Crippen LogP contribution < -0.4 is 10.1 Å². The van der Waals surface area contributed by atoms with Crippen LogP contribution in [0.5, 0.6) is 5.75 Å². The molecule has 1 rings (SSSR count). The van der Waals surface area contributed by atoms with E-state index in [-0.39, 0.29) is 0 Å². The van der Waals surface area contributed by atoms with E-state index in [1.54, 1.807) is 0 Å². The molecule has 1 aromatic carbocycles. The highest BCUT2D eigenvalue weighted by molar-refractivity contribution is 9.10. The van der Waals surface area contributed by atoms with Crippen LogP contribution in [0.2, 0.25) is 5.02 Å². The van der Waals surface area contributed by atoms with Gasteiger partial charge in [0.15, 0.2) is 0 Å².